The average Bonchev–Trinajstić information content (AvgIpc) is 2.03. The lowest BCUT2D eigenvalue weighted by atomic mass is 10.0. The molecular weight excluding hydrogens is 155 g/mol. The lowest BCUT2D eigenvalue weighted by Crippen LogP contribution is -2.37. The first-order chi connectivity index (χ1) is 5.61. The molecule has 0 spiro atoms. The quantitative estimate of drug-likeness (QED) is 0.557. The van der Waals surface area contributed by atoms with Crippen LogP contribution in [0.4, 0.5) is 0 Å². The van der Waals surface area contributed by atoms with Crippen LogP contribution in [0.25, 0.3) is 0 Å². The van der Waals surface area contributed by atoms with E-state index in [0.29, 0.717) is 6.54 Å². The number of nitrogens with one attached hydrogen (secondary N) is 1. The van der Waals surface area contributed by atoms with Gasteiger partial charge in [-0.15, -0.1) is 0 Å². The molecule has 0 aliphatic carbocycles. The molecule has 0 bridgehead atoms. The third-order valence-corrected chi connectivity index (χ3v) is 1.36. The number of nitrogens with zero attached hydrogens (tertiary/aromatic N) is 1. The Balaban J connectivity index is 3.75. The molecule has 2 radical (unpaired) electrons. The van der Waals surface area contributed by atoms with Crippen LogP contribution in [0.3, 0.4) is 0 Å². The molecule has 0 aromatic heterocycles. The van der Waals surface area contributed by atoms with E-state index in [2.05, 4.69) is 5.32 Å². The smallest absolute Gasteiger partial charge is 0.239 e. The Kier molecular flexibility index (Phi) is 5.16. The van der Waals surface area contributed by atoms with Gasteiger partial charge in [0.25, 0.3) is 0 Å². The maximum absolute atomic E-state index is 10.9. The molecule has 0 aliphatic heterocycles. The lowest BCUT2D eigenvalue weighted by Gasteiger charge is -2.15. The van der Waals surface area contributed by atoms with Gasteiger partial charge in [-0.3, -0.25) is 9.59 Å². The van der Waals surface area contributed by atoms with Crippen molar-refractivity contribution in [1.29, 1.82) is 0 Å². The Morgan fingerprint density at radius 1 is 1.50 bits per heavy atom. The summed E-state index contributed by atoms with van der Waals surface area (Å²) in [5.74, 6) is -0.400. The summed E-state index contributed by atoms with van der Waals surface area (Å²) in [7, 11) is 6.65. The first kappa shape index (κ1) is 11.0. The maximum atomic E-state index is 10.9. The second-order valence-electron chi connectivity index (χ2n) is 2.41. The van der Waals surface area contributed by atoms with E-state index in [1.165, 1.54) is 4.90 Å². The van der Waals surface area contributed by atoms with Gasteiger partial charge < -0.3 is 10.2 Å². The van der Waals surface area contributed by atoms with E-state index < -0.39 is 0 Å². The highest BCUT2D eigenvalue weighted by molar-refractivity contribution is 6.19. The molecule has 66 valence electrons. The molecule has 0 rings (SSSR count). The van der Waals surface area contributed by atoms with Gasteiger partial charge >= 0.3 is 0 Å². The van der Waals surface area contributed by atoms with E-state index in [0.717, 1.165) is 0 Å². The van der Waals surface area contributed by atoms with Gasteiger partial charge in [-0.05, 0) is 13.2 Å². The van der Waals surface area contributed by atoms with Crippen LogP contribution in [0.2, 0.25) is 6.32 Å². The molecule has 0 unspecified atom stereocenters. The Bertz CT molecular complexity index is 173. The van der Waals surface area contributed by atoms with Gasteiger partial charge in [0.2, 0.25) is 11.8 Å². The Hall–Kier alpha value is -0.995. The van der Waals surface area contributed by atoms with Crippen LogP contribution in [0.5, 0.6) is 0 Å². The van der Waals surface area contributed by atoms with E-state index in [-0.39, 0.29) is 24.7 Å². The first-order valence-corrected chi connectivity index (χ1v) is 3.82. The number of hydrogen-bond donors (Lipinski definition) is 1. The summed E-state index contributed by atoms with van der Waals surface area (Å²) in [4.78, 5) is 23.1. The van der Waals surface area contributed by atoms with Crippen molar-refractivity contribution in [3.05, 3.63) is 0 Å². The predicted octanol–water partition coefficient (Wildman–Crippen LogP) is -0.832. The summed E-state index contributed by atoms with van der Waals surface area (Å²) < 4.78 is 0. The average molecular weight is 168 g/mol. The molecule has 1 N–H and O–H groups in total. The Morgan fingerprint density at radius 2 is 2.08 bits per heavy atom. The molecule has 0 atom stereocenters. The SMILES string of the molecule is [B]CC(=O)N(C)CC(=O)NCC. The van der Waals surface area contributed by atoms with Crippen molar-refractivity contribution in [2.45, 2.75) is 13.2 Å². The van der Waals surface area contributed by atoms with Crippen LogP contribution in [0, 0.1) is 0 Å². The van der Waals surface area contributed by atoms with Gasteiger partial charge in [-0.1, -0.05) is 0 Å². The molecule has 0 aromatic rings. The monoisotopic (exact) mass is 168 g/mol. The molecule has 12 heavy (non-hydrogen) atoms. The Morgan fingerprint density at radius 3 is 2.50 bits per heavy atom. The van der Waals surface area contributed by atoms with Crippen molar-refractivity contribution in [1.82, 2.24) is 10.2 Å². The van der Waals surface area contributed by atoms with Gasteiger partial charge in [0.15, 0.2) is 0 Å². The summed E-state index contributed by atoms with van der Waals surface area (Å²) >= 11 is 0. The van der Waals surface area contributed by atoms with Crippen LogP contribution in [-0.2, 0) is 9.59 Å². The van der Waals surface area contributed by atoms with Gasteiger partial charge in [-0.2, -0.15) is 0 Å². The molecule has 0 saturated carbocycles. The van der Waals surface area contributed by atoms with E-state index in [9.17, 15) is 9.59 Å². The molecule has 5 heteroatoms. The zero-order chi connectivity index (χ0) is 9.56. The zero-order valence-electron chi connectivity index (χ0n) is 7.46. The van der Waals surface area contributed by atoms with E-state index in [1.807, 2.05) is 6.92 Å². The molecule has 0 fully saturated rings. The van der Waals surface area contributed by atoms with Crippen molar-refractivity contribution in [2.24, 2.45) is 0 Å². The summed E-state index contributed by atoms with van der Waals surface area (Å²) in [5.41, 5.74) is 0. The minimum atomic E-state index is -0.235. The highest BCUT2D eigenvalue weighted by atomic mass is 16.2. The van der Waals surface area contributed by atoms with Crippen molar-refractivity contribution in [2.75, 3.05) is 20.1 Å². The Labute approximate surface area is 73.7 Å². The van der Waals surface area contributed by atoms with Gasteiger partial charge in [0.05, 0.1) is 14.4 Å². The molecule has 2 amide bonds. The van der Waals surface area contributed by atoms with Crippen molar-refractivity contribution >= 4 is 19.7 Å². The minimum Gasteiger partial charge on any atom is -0.355 e. The normalized spacial score (nSPS) is 9.17. The van der Waals surface area contributed by atoms with Crippen molar-refractivity contribution in [3.8, 4) is 0 Å². The molecule has 0 aliphatic rings. The zero-order valence-corrected chi connectivity index (χ0v) is 7.46. The van der Waals surface area contributed by atoms with Crippen LogP contribution >= 0.6 is 0 Å². The highest BCUT2D eigenvalue weighted by Crippen LogP contribution is 1.87. The van der Waals surface area contributed by atoms with E-state index >= 15 is 0 Å². The first-order valence-electron chi connectivity index (χ1n) is 3.82. The number of amides is 2. The number of carbonyl (C=O) groups excluding carboxylic acids is 2. The largest absolute Gasteiger partial charge is 0.355 e. The van der Waals surface area contributed by atoms with Gasteiger partial charge in [-0.25, -0.2) is 0 Å². The lowest BCUT2D eigenvalue weighted by molar-refractivity contribution is -0.132. The molecule has 0 aromatic carbocycles. The molecule has 4 nitrogen and oxygen atoms in total. The second-order valence-corrected chi connectivity index (χ2v) is 2.41. The highest BCUT2D eigenvalue weighted by Gasteiger charge is 2.08. The summed E-state index contributed by atoms with van der Waals surface area (Å²) in [5, 5.41) is 2.58. The fourth-order valence-electron chi connectivity index (χ4n) is 0.712. The van der Waals surface area contributed by atoms with Crippen LogP contribution in [0.1, 0.15) is 6.92 Å². The molecule has 0 heterocycles. The summed E-state index contributed by atoms with van der Waals surface area (Å²) in [6, 6.07) is 0. The van der Waals surface area contributed by atoms with E-state index in [1.54, 1.807) is 7.05 Å². The second kappa shape index (κ2) is 5.63. The van der Waals surface area contributed by atoms with E-state index in [4.69, 9.17) is 7.85 Å². The van der Waals surface area contributed by atoms with Crippen LogP contribution < -0.4 is 5.32 Å². The van der Waals surface area contributed by atoms with Crippen molar-refractivity contribution in [3.63, 3.8) is 0 Å². The number of carbonyl (C=O) groups is 2. The fourth-order valence-corrected chi connectivity index (χ4v) is 0.712. The number of likely N-dealkylation sites (N-methyl/N-ethyl adjacent to an activating group) is 2. The molecule has 0 saturated heterocycles. The maximum Gasteiger partial charge on any atom is 0.239 e. The van der Waals surface area contributed by atoms with Gasteiger partial charge in [0, 0.05) is 13.6 Å². The van der Waals surface area contributed by atoms with Gasteiger partial charge in [0.1, 0.15) is 0 Å². The number of rotatable bonds is 4. The van der Waals surface area contributed by atoms with Crippen LogP contribution in [0.15, 0.2) is 0 Å². The predicted molar refractivity (Wildman–Crippen MR) is 46.9 cm³/mol. The standard InChI is InChI=1S/C7H13BN2O2/c1-3-9-6(11)5-10(2)7(12)4-8/h3-5H2,1-2H3,(H,9,11). The number of hydrogen-bond acceptors (Lipinski definition) is 2. The van der Waals surface area contributed by atoms with Crippen molar-refractivity contribution < 1.29 is 9.59 Å². The fraction of sp³-hybridized carbons (Fsp3) is 0.714. The molecular formula is C7H13BN2O2. The summed E-state index contributed by atoms with van der Waals surface area (Å²) in [6.07, 6.45) is -0.0596. The third-order valence-electron chi connectivity index (χ3n) is 1.36. The van der Waals surface area contributed by atoms with Crippen LogP contribution in [-0.4, -0.2) is 44.7 Å². The third kappa shape index (κ3) is 4.00. The topological polar surface area (TPSA) is 49.4 Å². The minimum absolute atomic E-state index is 0.0596. The summed E-state index contributed by atoms with van der Waals surface area (Å²) in [6.45, 7) is 2.47.